The van der Waals surface area contributed by atoms with Crippen LogP contribution >= 0.6 is 0 Å². The van der Waals surface area contributed by atoms with Crippen molar-refractivity contribution in [2.24, 2.45) is 0 Å². The number of methoxy groups -OCH3 is 1. The van der Waals surface area contributed by atoms with Gasteiger partial charge in [-0.3, -0.25) is 4.79 Å². The minimum absolute atomic E-state index is 0.00522. The highest BCUT2D eigenvalue weighted by Gasteiger charge is 2.36. The minimum Gasteiger partial charge on any atom is -0.463 e. The Morgan fingerprint density at radius 3 is 2.22 bits per heavy atom. The van der Waals surface area contributed by atoms with Crippen LogP contribution in [0.1, 0.15) is 10.4 Å². The Labute approximate surface area is 133 Å². The molecule has 1 unspecified atom stereocenters. The monoisotopic (exact) mass is 309 g/mol. The van der Waals surface area contributed by atoms with E-state index in [1.54, 1.807) is 29.2 Å². The quantitative estimate of drug-likeness (QED) is 0.642. The molecule has 5 heteroatoms. The number of carbonyl (C=O) groups is 2. The van der Waals surface area contributed by atoms with Gasteiger partial charge in [0, 0.05) is 11.3 Å². The molecular weight excluding hydrogens is 294 g/mol. The molecule has 3 rings (SSSR count). The molecule has 0 amide bonds. The van der Waals surface area contributed by atoms with E-state index in [9.17, 15) is 9.59 Å². The SMILES string of the molecule is COC(=O)C1=CN(c2ccccc2)C(C(=O)c2ccccc2)O1. The molecule has 2 aromatic rings. The first-order valence-electron chi connectivity index (χ1n) is 7.10. The fourth-order valence-corrected chi connectivity index (χ4v) is 2.34. The summed E-state index contributed by atoms with van der Waals surface area (Å²) in [6, 6.07) is 18.1. The number of esters is 1. The van der Waals surface area contributed by atoms with E-state index in [0.717, 1.165) is 5.69 Å². The summed E-state index contributed by atoms with van der Waals surface area (Å²) in [7, 11) is 1.27. The molecule has 0 saturated carbocycles. The molecule has 1 atom stereocenters. The Hall–Kier alpha value is -3.08. The normalized spacial score (nSPS) is 16.5. The Kier molecular flexibility index (Phi) is 4.10. The number of para-hydroxylation sites is 1. The smallest absolute Gasteiger partial charge is 0.375 e. The van der Waals surface area contributed by atoms with E-state index in [4.69, 9.17) is 4.74 Å². The first-order chi connectivity index (χ1) is 11.2. The molecule has 0 aromatic heterocycles. The van der Waals surface area contributed by atoms with Gasteiger partial charge in [0.05, 0.1) is 13.3 Å². The average molecular weight is 309 g/mol. The number of ketones is 1. The van der Waals surface area contributed by atoms with Crippen molar-refractivity contribution in [1.82, 2.24) is 0 Å². The van der Waals surface area contributed by atoms with Gasteiger partial charge in [-0.25, -0.2) is 4.79 Å². The minimum atomic E-state index is -0.936. The summed E-state index contributed by atoms with van der Waals surface area (Å²) in [5, 5.41) is 0. The Morgan fingerprint density at radius 1 is 1.00 bits per heavy atom. The number of rotatable bonds is 4. The molecule has 0 fully saturated rings. The van der Waals surface area contributed by atoms with E-state index in [2.05, 4.69) is 4.74 Å². The summed E-state index contributed by atoms with van der Waals surface area (Å²) in [4.78, 5) is 26.1. The third-order valence-corrected chi connectivity index (χ3v) is 3.47. The summed E-state index contributed by atoms with van der Waals surface area (Å²) >= 11 is 0. The second kappa shape index (κ2) is 6.36. The van der Waals surface area contributed by atoms with Crippen LogP contribution in [0, 0.1) is 0 Å². The predicted octanol–water partition coefficient (Wildman–Crippen LogP) is 2.75. The number of benzene rings is 2. The molecule has 0 radical (unpaired) electrons. The van der Waals surface area contributed by atoms with E-state index in [1.165, 1.54) is 13.3 Å². The standard InChI is InChI=1S/C18H15NO4/c1-22-18(21)15-12-19(14-10-6-3-7-11-14)17(23-15)16(20)13-8-4-2-5-9-13/h2-12,17H,1H3. The van der Waals surface area contributed by atoms with Crippen molar-refractivity contribution in [2.75, 3.05) is 12.0 Å². The zero-order valence-corrected chi connectivity index (χ0v) is 12.5. The predicted molar refractivity (Wildman–Crippen MR) is 84.7 cm³/mol. The first kappa shape index (κ1) is 14.8. The van der Waals surface area contributed by atoms with Gasteiger partial charge in [0.1, 0.15) is 0 Å². The van der Waals surface area contributed by atoms with Gasteiger partial charge in [-0.05, 0) is 12.1 Å². The van der Waals surface area contributed by atoms with E-state index in [-0.39, 0.29) is 11.5 Å². The Morgan fingerprint density at radius 2 is 1.61 bits per heavy atom. The second-order valence-corrected chi connectivity index (χ2v) is 4.93. The van der Waals surface area contributed by atoms with E-state index in [0.29, 0.717) is 5.56 Å². The maximum Gasteiger partial charge on any atom is 0.375 e. The second-order valence-electron chi connectivity index (χ2n) is 4.93. The fourth-order valence-electron chi connectivity index (χ4n) is 2.34. The summed E-state index contributed by atoms with van der Waals surface area (Å²) in [5.41, 5.74) is 1.26. The number of nitrogens with zero attached hydrogens (tertiary/aromatic N) is 1. The van der Waals surface area contributed by atoms with E-state index < -0.39 is 12.2 Å². The number of anilines is 1. The lowest BCUT2D eigenvalue weighted by Crippen LogP contribution is -2.36. The number of hydrogen-bond donors (Lipinski definition) is 0. The van der Waals surface area contributed by atoms with Crippen LogP contribution in [0.4, 0.5) is 5.69 Å². The van der Waals surface area contributed by atoms with E-state index in [1.807, 2.05) is 36.4 Å². The van der Waals surface area contributed by atoms with Crippen LogP contribution in [0.3, 0.4) is 0 Å². The number of carbonyl (C=O) groups excluding carboxylic acids is 2. The van der Waals surface area contributed by atoms with Crippen molar-refractivity contribution in [3.8, 4) is 0 Å². The molecule has 1 aliphatic heterocycles. The molecule has 116 valence electrons. The lowest BCUT2D eigenvalue weighted by molar-refractivity contribution is -0.140. The maximum absolute atomic E-state index is 12.7. The molecule has 0 aliphatic carbocycles. The number of hydrogen-bond acceptors (Lipinski definition) is 5. The van der Waals surface area contributed by atoms with Crippen molar-refractivity contribution in [2.45, 2.75) is 6.23 Å². The molecule has 1 aliphatic rings. The molecule has 0 saturated heterocycles. The zero-order valence-electron chi connectivity index (χ0n) is 12.5. The molecule has 23 heavy (non-hydrogen) atoms. The average Bonchev–Trinajstić information content (AvgIpc) is 3.07. The maximum atomic E-state index is 12.7. The molecule has 5 nitrogen and oxygen atoms in total. The summed E-state index contributed by atoms with van der Waals surface area (Å²) in [6.07, 6.45) is 0.557. The lowest BCUT2D eigenvalue weighted by Gasteiger charge is -2.23. The summed E-state index contributed by atoms with van der Waals surface area (Å²) in [6.45, 7) is 0. The van der Waals surface area contributed by atoms with Gasteiger partial charge in [-0.2, -0.15) is 0 Å². The molecule has 0 N–H and O–H groups in total. The van der Waals surface area contributed by atoms with Crippen molar-refractivity contribution in [3.05, 3.63) is 78.2 Å². The van der Waals surface area contributed by atoms with Crippen LogP contribution in [-0.4, -0.2) is 25.1 Å². The van der Waals surface area contributed by atoms with Gasteiger partial charge in [-0.15, -0.1) is 0 Å². The van der Waals surface area contributed by atoms with Crippen LogP contribution in [0.15, 0.2) is 72.6 Å². The molecular formula is C18H15NO4. The van der Waals surface area contributed by atoms with Crippen molar-refractivity contribution in [3.63, 3.8) is 0 Å². The van der Waals surface area contributed by atoms with E-state index >= 15 is 0 Å². The van der Waals surface area contributed by atoms with Gasteiger partial charge >= 0.3 is 5.97 Å². The zero-order chi connectivity index (χ0) is 16.2. The third-order valence-electron chi connectivity index (χ3n) is 3.47. The van der Waals surface area contributed by atoms with Crippen LogP contribution < -0.4 is 4.90 Å². The van der Waals surface area contributed by atoms with Gasteiger partial charge in [0.2, 0.25) is 17.8 Å². The van der Waals surface area contributed by atoms with Crippen molar-refractivity contribution < 1.29 is 19.1 Å². The van der Waals surface area contributed by atoms with Crippen LogP contribution in [0.25, 0.3) is 0 Å². The van der Waals surface area contributed by atoms with Gasteiger partial charge in [0.15, 0.2) is 0 Å². The van der Waals surface area contributed by atoms with Gasteiger partial charge in [0.25, 0.3) is 0 Å². The topological polar surface area (TPSA) is 55.8 Å². The largest absolute Gasteiger partial charge is 0.463 e. The van der Waals surface area contributed by atoms with Crippen LogP contribution in [0.2, 0.25) is 0 Å². The van der Waals surface area contributed by atoms with Crippen LogP contribution in [-0.2, 0) is 14.3 Å². The highest BCUT2D eigenvalue weighted by atomic mass is 16.6. The number of ether oxygens (including phenoxy) is 2. The molecule has 2 aromatic carbocycles. The molecule has 1 heterocycles. The molecule has 0 spiro atoms. The fraction of sp³-hybridized carbons (Fsp3) is 0.111. The Balaban J connectivity index is 1.95. The number of Topliss-reactive ketones (excluding diaryl/α,β-unsaturated/α-hetero) is 1. The highest BCUT2D eigenvalue weighted by molar-refractivity contribution is 6.03. The highest BCUT2D eigenvalue weighted by Crippen LogP contribution is 2.28. The lowest BCUT2D eigenvalue weighted by atomic mass is 10.1. The molecule has 0 bridgehead atoms. The van der Waals surface area contributed by atoms with Gasteiger partial charge < -0.3 is 14.4 Å². The van der Waals surface area contributed by atoms with Crippen molar-refractivity contribution >= 4 is 17.4 Å². The van der Waals surface area contributed by atoms with Crippen LogP contribution in [0.5, 0.6) is 0 Å². The first-order valence-corrected chi connectivity index (χ1v) is 7.10. The Bertz CT molecular complexity index is 740. The van der Waals surface area contributed by atoms with Crippen molar-refractivity contribution in [1.29, 1.82) is 0 Å². The summed E-state index contributed by atoms with van der Waals surface area (Å²) < 4.78 is 10.2. The third kappa shape index (κ3) is 2.94. The summed E-state index contributed by atoms with van der Waals surface area (Å²) in [5.74, 6) is -0.843. The van der Waals surface area contributed by atoms with Gasteiger partial charge in [-0.1, -0.05) is 48.5 Å².